The van der Waals surface area contributed by atoms with Crippen molar-refractivity contribution in [1.29, 1.82) is 0 Å². The molecule has 0 aliphatic heterocycles. The molecule has 76 valence electrons. The van der Waals surface area contributed by atoms with Gasteiger partial charge in [0.15, 0.2) is 0 Å². The SMILES string of the molecule is CNC(C(N)=O)c1ccc(C)c(Br)c1. The molecule has 0 aliphatic rings. The number of aryl methyl sites for hydroxylation is 1. The first-order valence-corrected chi connectivity index (χ1v) is 5.08. The van der Waals surface area contributed by atoms with Gasteiger partial charge in [-0.25, -0.2) is 0 Å². The van der Waals surface area contributed by atoms with Gasteiger partial charge in [-0.3, -0.25) is 4.79 Å². The van der Waals surface area contributed by atoms with Crippen LogP contribution in [0.5, 0.6) is 0 Å². The zero-order valence-electron chi connectivity index (χ0n) is 8.17. The molecule has 1 amide bonds. The molecule has 0 spiro atoms. The largest absolute Gasteiger partial charge is 0.368 e. The highest BCUT2D eigenvalue weighted by molar-refractivity contribution is 9.10. The molecule has 1 aromatic carbocycles. The summed E-state index contributed by atoms with van der Waals surface area (Å²) in [6.45, 7) is 1.99. The first kappa shape index (κ1) is 11.2. The van der Waals surface area contributed by atoms with Gasteiger partial charge in [-0.05, 0) is 31.2 Å². The van der Waals surface area contributed by atoms with E-state index in [0.29, 0.717) is 0 Å². The van der Waals surface area contributed by atoms with Crippen LogP contribution in [0.1, 0.15) is 17.2 Å². The molecule has 0 heterocycles. The Morgan fingerprint density at radius 1 is 1.57 bits per heavy atom. The molecule has 0 aromatic heterocycles. The number of hydrogen-bond acceptors (Lipinski definition) is 2. The van der Waals surface area contributed by atoms with Crippen molar-refractivity contribution in [1.82, 2.24) is 5.32 Å². The number of halogens is 1. The molecule has 0 saturated heterocycles. The minimum absolute atomic E-state index is 0.372. The molecule has 1 atom stereocenters. The fraction of sp³-hybridized carbons (Fsp3) is 0.300. The number of rotatable bonds is 3. The summed E-state index contributed by atoms with van der Waals surface area (Å²) >= 11 is 3.41. The Labute approximate surface area is 91.8 Å². The number of nitrogens with one attached hydrogen (secondary N) is 1. The van der Waals surface area contributed by atoms with Gasteiger partial charge in [0.05, 0.1) is 0 Å². The fourth-order valence-corrected chi connectivity index (χ4v) is 1.66. The van der Waals surface area contributed by atoms with Gasteiger partial charge in [0.1, 0.15) is 6.04 Å². The van der Waals surface area contributed by atoms with Crippen LogP contribution < -0.4 is 11.1 Å². The highest BCUT2D eigenvalue weighted by Gasteiger charge is 2.15. The van der Waals surface area contributed by atoms with Crippen molar-refractivity contribution in [2.75, 3.05) is 7.05 Å². The van der Waals surface area contributed by atoms with E-state index < -0.39 is 6.04 Å². The Morgan fingerprint density at radius 2 is 2.21 bits per heavy atom. The highest BCUT2D eigenvalue weighted by Crippen LogP contribution is 2.21. The van der Waals surface area contributed by atoms with Crippen molar-refractivity contribution in [3.05, 3.63) is 33.8 Å². The van der Waals surface area contributed by atoms with Gasteiger partial charge in [0.25, 0.3) is 0 Å². The number of amides is 1. The van der Waals surface area contributed by atoms with Crippen LogP contribution in [0.25, 0.3) is 0 Å². The number of primary amides is 1. The molecule has 1 unspecified atom stereocenters. The zero-order valence-corrected chi connectivity index (χ0v) is 9.76. The van der Waals surface area contributed by atoms with E-state index in [2.05, 4.69) is 21.2 Å². The molecule has 1 aromatic rings. The van der Waals surface area contributed by atoms with Gasteiger partial charge in [-0.15, -0.1) is 0 Å². The van der Waals surface area contributed by atoms with E-state index in [1.54, 1.807) is 7.05 Å². The fourth-order valence-electron chi connectivity index (χ4n) is 1.26. The van der Waals surface area contributed by atoms with Crippen LogP contribution in [-0.4, -0.2) is 13.0 Å². The molecular weight excluding hydrogens is 244 g/mol. The monoisotopic (exact) mass is 256 g/mol. The van der Waals surface area contributed by atoms with Crippen molar-refractivity contribution in [3.8, 4) is 0 Å². The average Bonchev–Trinajstić information content (AvgIpc) is 2.11. The Morgan fingerprint density at radius 3 is 2.64 bits per heavy atom. The van der Waals surface area contributed by atoms with Crippen LogP contribution in [0.3, 0.4) is 0 Å². The Kier molecular flexibility index (Phi) is 3.66. The molecule has 14 heavy (non-hydrogen) atoms. The number of carbonyl (C=O) groups is 1. The first-order valence-electron chi connectivity index (χ1n) is 4.29. The minimum atomic E-state index is -0.424. The average molecular weight is 257 g/mol. The standard InChI is InChI=1S/C10H13BrN2O/c1-6-3-4-7(5-8(6)11)9(13-2)10(12)14/h3-5,9,13H,1-2H3,(H2,12,14). The molecule has 0 bridgehead atoms. The second-order valence-electron chi connectivity index (χ2n) is 3.13. The maximum absolute atomic E-state index is 11.1. The van der Waals surface area contributed by atoms with Crippen molar-refractivity contribution in [3.63, 3.8) is 0 Å². The Balaban J connectivity index is 3.06. The van der Waals surface area contributed by atoms with Crippen LogP contribution in [0.2, 0.25) is 0 Å². The van der Waals surface area contributed by atoms with Gasteiger partial charge in [-0.1, -0.05) is 28.1 Å². The van der Waals surface area contributed by atoms with Gasteiger partial charge in [0, 0.05) is 4.47 Å². The number of likely N-dealkylation sites (N-methyl/N-ethyl adjacent to an activating group) is 1. The maximum atomic E-state index is 11.1. The summed E-state index contributed by atoms with van der Waals surface area (Å²) in [5, 5.41) is 2.87. The highest BCUT2D eigenvalue weighted by atomic mass is 79.9. The van der Waals surface area contributed by atoms with Gasteiger partial charge in [0.2, 0.25) is 5.91 Å². The van der Waals surface area contributed by atoms with Gasteiger partial charge in [-0.2, -0.15) is 0 Å². The summed E-state index contributed by atoms with van der Waals surface area (Å²) < 4.78 is 0.983. The number of benzene rings is 1. The summed E-state index contributed by atoms with van der Waals surface area (Å²) in [6, 6.07) is 5.33. The van der Waals surface area contributed by atoms with Crippen LogP contribution in [0.15, 0.2) is 22.7 Å². The van der Waals surface area contributed by atoms with E-state index in [9.17, 15) is 4.79 Å². The van der Waals surface area contributed by atoms with E-state index >= 15 is 0 Å². The second kappa shape index (κ2) is 4.57. The number of nitrogens with two attached hydrogens (primary N) is 1. The second-order valence-corrected chi connectivity index (χ2v) is 3.99. The van der Waals surface area contributed by atoms with E-state index in [-0.39, 0.29) is 5.91 Å². The molecule has 0 aliphatic carbocycles. The molecule has 3 nitrogen and oxygen atoms in total. The number of carbonyl (C=O) groups excluding carboxylic acids is 1. The maximum Gasteiger partial charge on any atom is 0.239 e. The van der Waals surface area contributed by atoms with Crippen LogP contribution in [0, 0.1) is 6.92 Å². The molecule has 3 N–H and O–H groups in total. The first-order chi connectivity index (χ1) is 6.56. The molecule has 4 heteroatoms. The summed E-state index contributed by atoms with van der Waals surface area (Å²) in [7, 11) is 1.71. The lowest BCUT2D eigenvalue weighted by atomic mass is 10.1. The molecular formula is C10H13BrN2O. The number of hydrogen-bond donors (Lipinski definition) is 2. The third-order valence-corrected chi connectivity index (χ3v) is 2.96. The van der Waals surface area contributed by atoms with Crippen molar-refractivity contribution < 1.29 is 4.79 Å². The normalized spacial score (nSPS) is 12.5. The van der Waals surface area contributed by atoms with E-state index in [1.165, 1.54) is 0 Å². The van der Waals surface area contributed by atoms with Crippen molar-refractivity contribution in [2.45, 2.75) is 13.0 Å². The molecule has 0 radical (unpaired) electrons. The van der Waals surface area contributed by atoms with Gasteiger partial charge < -0.3 is 11.1 Å². The third-order valence-electron chi connectivity index (χ3n) is 2.10. The lowest BCUT2D eigenvalue weighted by molar-refractivity contribution is -0.120. The predicted molar refractivity (Wildman–Crippen MR) is 59.9 cm³/mol. The topological polar surface area (TPSA) is 55.1 Å². The summed E-state index contributed by atoms with van der Waals surface area (Å²) in [5.41, 5.74) is 7.26. The van der Waals surface area contributed by atoms with Crippen LogP contribution >= 0.6 is 15.9 Å². The minimum Gasteiger partial charge on any atom is -0.368 e. The zero-order chi connectivity index (χ0) is 10.7. The smallest absolute Gasteiger partial charge is 0.239 e. The third kappa shape index (κ3) is 2.33. The quantitative estimate of drug-likeness (QED) is 0.862. The lowest BCUT2D eigenvalue weighted by Gasteiger charge is -2.13. The van der Waals surface area contributed by atoms with Crippen molar-refractivity contribution >= 4 is 21.8 Å². The Hall–Kier alpha value is -0.870. The summed E-state index contributed by atoms with van der Waals surface area (Å²) in [5.74, 6) is -0.372. The summed E-state index contributed by atoms with van der Waals surface area (Å²) in [6.07, 6.45) is 0. The van der Waals surface area contributed by atoms with Crippen LogP contribution in [0.4, 0.5) is 0 Å². The van der Waals surface area contributed by atoms with E-state index in [4.69, 9.17) is 5.73 Å². The van der Waals surface area contributed by atoms with E-state index in [1.807, 2.05) is 25.1 Å². The lowest BCUT2D eigenvalue weighted by Crippen LogP contribution is -2.31. The predicted octanol–water partition coefficient (Wildman–Crippen LogP) is 1.50. The van der Waals surface area contributed by atoms with E-state index in [0.717, 1.165) is 15.6 Å². The van der Waals surface area contributed by atoms with Crippen molar-refractivity contribution in [2.24, 2.45) is 5.73 Å². The molecule has 1 rings (SSSR count). The molecule has 0 saturated carbocycles. The van der Waals surface area contributed by atoms with Gasteiger partial charge >= 0.3 is 0 Å². The molecule has 0 fully saturated rings. The Bertz CT molecular complexity index is 352. The summed E-state index contributed by atoms with van der Waals surface area (Å²) in [4.78, 5) is 11.1. The van der Waals surface area contributed by atoms with Crippen LogP contribution in [-0.2, 0) is 4.79 Å².